The number of nitrogens with one attached hydrogen (secondary N) is 1. The van der Waals surface area contributed by atoms with Crippen molar-refractivity contribution < 1.29 is 4.79 Å². The Bertz CT molecular complexity index is 382. The molecule has 0 saturated heterocycles. The number of hydrogen-bond donors (Lipinski definition) is 2. The lowest BCUT2D eigenvalue weighted by atomic mass is 9.87. The fraction of sp³-hybridized carbons (Fsp3) is 0.500. The van der Waals surface area contributed by atoms with Crippen molar-refractivity contribution in [1.82, 2.24) is 4.98 Å². The highest BCUT2D eigenvalue weighted by Gasteiger charge is 2.27. The number of amides is 1. The van der Waals surface area contributed by atoms with Gasteiger partial charge >= 0.3 is 0 Å². The molecule has 0 radical (unpaired) electrons. The van der Waals surface area contributed by atoms with Crippen molar-refractivity contribution in [1.29, 1.82) is 0 Å². The number of aryl methyl sites for hydroxylation is 1. The maximum atomic E-state index is 11.8. The summed E-state index contributed by atoms with van der Waals surface area (Å²) < 4.78 is 0. The van der Waals surface area contributed by atoms with Crippen molar-refractivity contribution in [3.8, 4) is 0 Å². The van der Waals surface area contributed by atoms with Crippen molar-refractivity contribution >= 4 is 11.6 Å². The van der Waals surface area contributed by atoms with Gasteiger partial charge in [-0.15, -0.1) is 0 Å². The van der Waals surface area contributed by atoms with Gasteiger partial charge in [-0.3, -0.25) is 9.78 Å². The Balaban J connectivity index is 2.72. The number of anilines is 1. The molecular weight excluding hydrogens is 202 g/mol. The van der Waals surface area contributed by atoms with Crippen molar-refractivity contribution in [2.45, 2.75) is 33.7 Å². The van der Waals surface area contributed by atoms with Gasteiger partial charge in [-0.05, 0) is 24.5 Å². The molecule has 1 unspecified atom stereocenters. The molecule has 1 amide bonds. The minimum Gasteiger partial charge on any atom is -0.325 e. The van der Waals surface area contributed by atoms with Crippen molar-refractivity contribution in [2.24, 2.45) is 11.1 Å². The molecule has 4 heteroatoms. The van der Waals surface area contributed by atoms with E-state index in [-0.39, 0.29) is 11.3 Å². The average molecular weight is 221 g/mol. The molecule has 1 heterocycles. The van der Waals surface area contributed by atoms with Crippen LogP contribution in [0.1, 0.15) is 26.5 Å². The first kappa shape index (κ1) is 12.6. The van der Waals surface area contributed by atoms with Gasteiger partial charge < -0.3 is 11.1 Å². The van der Waals surface area contributed by atoms with E-state index in [0.717, 1.165) is 11.4 Å². The molecule has 0 aromatic carbocycles. The fourth-order valence-electron chi connectivity index (χ4n) is 1.24. The lowest BCUT2D eigenvalue weighted by Gasteiger charge is -2.25. The third kappa shape index (κ3) is 3.31. The maximum absolute atomic E-state index is 11.8. The zero-order valence-electron chi connectivity index (χ0n) is 10.2. The monoisotopic (exact) mass is 221 g/mol. The largest absolute Gasteiger partial charge is 0.325 e. The molecule has 1 rings (SSSR count). The average Bonchev–Trinajstić information content (AvgIpc) is 2.15. The highest BCUT2D eigenvalue weighted by atomic mass is 16.2. The van der Waals surface area contributed by atoms with Gasteiger partial charge in [0.15, 0.2) is 0 Å². The molecule has 0 bridgehead atoms. The SMILES string of the molecule is Cc1cc(NC(=O)C(N)C(C)(C)C)ccn1. The maximum Gasteiger partial charge on any atom is 0.241 e. The first-order valence-corrected chi connectivity index (χ1v) is 5.30. The lowest BCUT2D eigenvalue weighted by molar-refractivity contribution is -0.119. The van der Waals surface area contributed by atoms with E-state index in [9.17, 15) is 4.79 Å². The number of hydrogen-bond acceptors (Lipinski definition) is 3. The smallest absolute Gasteiger partial charge is 0.241 e. The van der Waals surface area contributed by atoms with Crippen LogP contribution < -0.4 is 11.1 Å². The second-order valence-electron chi connectivity index (χ2n) is 5.02. The Morgan fingerprint density at radius 3 is 2.62 bits per heavy atom. The minimum atomic E-state index is -0.527. The molecule has 3 N–H and O–H groups in total. The molecule has 0 fully saturated rings. The summed E-state index contributed by atoms with van der Waals surface area (Å²) in [5.74, 6) is -0.168. The summed E-state index contributed by atoms with van der Waals surface area (Å²) in [4.78, 5) is 15.9. The second kappa shape index (κ2) is 4.61. The topological polar surface area (TPSA) is 68.0 Å². The first-order chi connectivity index (χ1) is 7.30. The first-order valence-electron chi connectivity index (χ1n) is 5.30. The van der Waals surface area contributed by atoms with Crippen molar-refractivity contribution in [3.05, 3.63) is 24.0 Å². The third-order valence-electron chi connectivity index (χ3n) is 2.38. The summed E-state index contributed by atoms with van der Waals surface area (Å²) in [5, 5.41) is 2.79. The molecule has 0 saturated carbocycles. The molecule has 0 spiro atoms. The molecule has 4 nitrogen and oxygen atoms in total. The van der Waals surface area contributed by atoms with Gasteiger partial charge in [0.05, 0.1) is 6.04 Å². The van der Waals surface area contributed by atoms with Gasteiger partial charge in [0, 0.05) is 17.6 Å². The summed E-state index contributed by atoms with van der Waals surface area (Å²) in [6.45, 7) is 7.69. The van der Waals surface area contributed by atoms with E-state index >= 15 is 0 Å². The number of rotatable bonds is 2. The van der Waals surface area contributed by atoms with Crippen LogP contribution in [0.2, 0.25) is 0 Å². The predicted octanol–water partition coefficient (Wildman–Crippen LogP) is 1.70. The van der Waals surface area contributed by atoms with Gasteiger partial charge in [0.1, 0.15) is 0 Å². The van der Waals surface area contributed by atoms with Crippen LogP contribution in [-0.4, -0.2) is 16.9 Å². The normalized spacial score (nSPS) is 13.3. The lowest BCUT2D eigenvalue weighted by Crippen LogP contribution is -2.45. The number of nitrogens with two attached hydrogens (primary N) is 1. The van der Waals surface area contributed by atoms with Crippen LogP contribution in [0.4, 0.5) is 5.69 Å². The van der Waals surface area contributed by atoms with Gasteiger partial charge in [-0.1, -0.05) is 20.8 Å². The van der Waals surface area contributed by atoms with E-state index in [1.54, 1.807) is 12.3 Å². The molecule has 0 aliphatic heterocycles. The van der Waals surface area contributed by atoms with E-state index in [1.807, 2.05) is 33.8 Å². The summed E-state index contributed by atoms with van der Waals surface area (Å²) in [5.41, 5.74) is 7.21. The summed E-state index contributed by atoms with van der Waals surface area (Å²) >= 11 is 0. The molecule has 88 valence electrons. The summed E-state index contributed by atoms with van der Waals surface area (Å²) in [6, 6.07) is 3.04. The molecule has 1 atom stereocenters. The van der Waals surface area contributed by atoms with Gasteiger partial charge in [0.25, 0.3) is 0 Å². The van der Waals surface area contributed by atoms with Crippen LogP contribution in [0.15, 0.2) is 18.3 Å². The number of nitrogens with zero attached hydrogens (tertiary/aromatic N) is 1. The van der Waals surface area contributed by atoms with E-state index in [1.165, 1.54) is 0 Å². The molecular formula is C12H19N3O. The van der Waals surface area contributed by atoms with Crippen LogP contribution in [-0.2, 0) is 4.79 Å². The Hall–Kier alpha value is -1.42. The number of aromatic nitrogens is 1. The summed E-state index contributed by atoms with van der Waals surface area (Å²) in [6.07, 6.45) is 1.66. The predicted molar refractivity (Wildman–Crippen MR) is 65.0 cm³/mol. The number of carbonyl (C=O) groups is 1. The highest BCUT2D eigenvalue weighted by Crippen LogP contribution is 2.18. The van der Waals surface area contributed by atoms with Crippen molar-refractivity contribution in [2.75, 3.05) is 5.32 Å². The van der Waals surface area contributed by atoms with E-state index in [0.29, 0.717) is 0 Å². The molecule has 1 aromatic heterocycles. The number of carbonyl (C=O) groups excluding carboxylic acids is 1. The van der Waals surface area contributed by atoms with Crippen LogP contribution in [0.25, 0.3) is 0 Å². The van der Waals surface area contributed by atoms with Crippen LogP contribution in [0, 0.1) is 12.3 Å². The Labute approximate surface area is 96.3 Å². The molecule has 0 aliphatic carbocycles. The van der Waals surface area contributed by atoms with Crippen LogP contribution in [0.5, 0.6) is 0 Å². The Kier molecular flexibility index (Phi) is 3.65. The zero-order valence-corrected chi connectivity index (χ0v) is 10.2. The fourth-order valence-corrected chi connectivity index (χ4v) is 1.24. The van der Waals surface area contributed by atoms with Gasteiger partial charge in [-0.2, -0.15) is 0 Å². The summed E-state index contributed by atoms with van der Waals surface area (Å²) in [7, 11) is 0. The van der Waals surface area contributed by atoms with E-state index in [2.05, 4.69) is 10.3 Å². The standard InChI is InChI=1S/C12H19N3O/c1-8-7-9(5-6-14-8)15-11(16)10(13)12(2,3)4/h5-7,10H,13H2,1-4H3,(H,14,15,16). The Morgan fingerprint density at radius 1 is 1.50 bits per heavy atom. The van der Waals surface area contributed by atoms with Gasteiger partial charge in [-0.25, -0.2) is 0 Å². The van der Waals surface area contributed by atoms with Gasteiger partial charge in [0.2, 0.25) is 5.91 Å². The molecule has 1 aromatic rings. The van der Waals surface area contributed by atoms with Crippen LogP contribution >= 0.6 is 0 Å². The Morgan fingerprint density at radius 2 is 2.12 bits per heavy atom. The van der Waals surface area contributed by atoms with Crippen LogP contribution in [0.3, 0.4) is 0 Å². The quantitative estimate of drug-likeness (QED) is 0.798. The van der Waals surface area contributed by atoms with Crippen molar-refractivity contribution in [3.63, 3.8) is 0 Å². The van der Waals surface area contributed by atoms with E-state index in [4.69, 9.17) is 5.73 Å². The number of pyridine rings is 1. The molecule has 0 aliphatic rings. The second-order valence-corrected chi connectivity index (χ2v) is 5.02. The third-order valence-corrected chi connectivity index (χ3v) is 2.38. The zero-order chi connectivity index (χ0) is 12.3. The molecule has 16 heavy (non-hydrogen) atoms. The van der Waals surface area contributed by atoms with E-state index < -0.39 is 6.04 Å². The highest BCUT2D eigenvalue weighted by molar-refractivity contribution is 5.95. The minimum absolute atomic E-state index is 0.168.